The Balaban J connectivity index is 2.01. The zero-order chi connectivity index (χ0) is 22.5. The molecule has 2 amide bonds. The zero-order valence-electron chi connectivity index (χ0n) is 18.1. The summed E-state index contributed by atoms with van der Waals surface area (Å²) in [6.45, 7) is 7.74. The number of carbonyl (C=O) groups is 2. The summed E-state index contributed by atoms with van der Waals surface area (Å²) in [5.74, 6) is -1.82. The van der Waals surface area contributed by atoms with E-state index >= 15 is 0 Å². The van der Waals surface area contributed by atoms with Crippen LogP contribution in [0, 0.1) is 6.92 Å². The van der Waals surface area contributed by atoms with Gasteiger partial charge in [-0.25, -0.2) is 4.79 Å². The SMILES string of the molecule is Cc1cccc(CCCN(C(=O)OC(C)(C)C)C2CCN(C(=O)C(F)(F)F)CC2)c1. The van der Waals surface area contributed by atoms with Crippen LogP contribution in [0.4, 0.5) is 18.0 Å². The molecular formula is C22H31F3N2O3. The predicted molar refractivity (Wildman–Crippen MR) is 108 cm³/mol. The van der Waals surface area contributed by atoms with Crippen molar-refractivity contribution in [2.24, 2.45) is 0 Å². The van der Waals surface area contributed by atoms with Gasteiger partial charge in [0.05, 0.1) is 0 Å². The molecule has 0 atom stereocenters. The van der Waals surface area contributed by atoms with Gasteiger partial charge in [0.2, 0.25) is 0 Å². The van der Waals surface area contributed by atoms with Gasteiger partial charge < -0.3 is 14.5 Å². The Kier molecular flexibility index (Phi) is 7.77. The van der Waals surface area contributed by atoms with Crippen LogP contribution in [0.15, 0.2) is 24.3 Å². The molecule has 1 saturated heterocycles. The maximum Gasteiger partial charge on any atom is 0.471 e. The van der Waals surface area contributed by atoms with Gasteiger partial charge in [-0.1, -0.05) is 29.8 Å². The smallest absolute Gasteiger partial charge is 0.444 e. The van der Waals surface area contributed by atoms with Crippen molar-refractivity contribution in [1.82, 2.24) is 9.80 Å². The third kappa shape index (κ3) is 7.22. The maximum absolute atomic E-state index is 12.8. The van der Waals surface area contributed by atoms with E-state index in [0.717, 1.165) is 11.3 Å². The van der Waals surface area contributed by atoms with Gasteiger partial charge in [0.15, 0.2) is 0 Å². The van der Waals surface area contributed by atoms with Crippen LogP contribution in [0.3, 0.4) is 0 Å². The number of halogens is 3. The van der Waals surface area contributed by atoms with Crippen molar-refractivity contribution in [3.63, 3.8) is 0 Å². The Morgan fingerprint density at radius 2 is 1.80 bits per heavy atom. The number of piperidine rings is 1. The fourth-order valence-corrected chi connectivity index (χ4v) is 3.62. The van der Waals surface area contributed by atoms with E-state index in [1.54, 1.807) is 25.7 Å². The van der Waals surface area contributed by atoms with Crippen LogP contribution in [0.5, 0.6) is 0 Å². The molecule has 0 N–H and O–H groups in total. The van der Waals surface area contributed by atoms with Gasteiger partial charge in [0.1, 0.15) is 5.60 Å². The van der Waals surface area contributed by atoms with E-state index in [-0.39, 0.29) is 19.1 Å². The van der Waals surface area contributed by atoms with Gasteiger partial charge in [-0.2, -0.15) is 13.2 Å². The number of likely N-dealkylation sites (tertiary alicyclic amines) is 1. The summed E-state index contributed by atoms with van der Waals surface area (Å²) < 4.78 is 43.6. The number of aryl methyl sites for hydroxylation is 2. The molecule has 0 saturated carbocycles. The minimum Gasteiger partial charge on any atom is -0.444 e. The molecule has 0 radical (unpaired) electrons. The lowest BCUT2D eigenvalue weighted by Crippen LogP contribution is -2.52. The lowest BCUT2D eigenvalue weighted by Gasteiger charge is -2.39. The Bertz CT molecular complexity index is 736. The van der Waals surface area contributed by atoms with Crippen molar-refractivity contribution >= 4 is 12.0 Å². The number of benzene rings is 1. The van der Waals surface area contributed by atoms with E-state index in [2.05, 4.69) is 6.07 Å². The van der Waals surface area contributed by atoms with Gasteiger partial charge in [0, 0.05) is 25.7 Å². The molecule has 1 heterocycles. The molecule has 0 aromatic heterocycles. The number of carbonyl (C=O) groups excluding carboxylic acids is 2. The highest BCUT2D eigenvalue weighted by Crippen LogP contribution is 2.25. The number of hydrogen-bond donors (Lipinski definition) is 0. The highest BCUT2D eigenvalue weighted by molar-refractivity contribution is 5.82. The number of alkyl halides is 3. The summed E-state index contributed by atoms with van der Waals surface area (Å²) >= 11 is 0. The van der Waals surface area contributed by atoms with E-state index in [9.17, 15) is 22.8 Å². The van der Waals surface area contributed by atoms with Gasteiger partial charge >= 0.3 is 18.2 Å². The predicted octanol–water partition coefficient (Wildman–Crippen LogP) is 4.72. The van der Waals surface area contributed by atoms with E-state index in [1.807, 2.05) is 25.1 Å². The molecule has 2 rings (SSSR count). The Labute approximate surface area is 176 Å². The van der Waals surface area contributed by atoms with Crippen LogP contribution in [0.1, 0.15) is 51.2 Å². The molecule has 0 aliphatic carbocycles. The van der Waals surface area contributed by atoms with Crippen LogP contribution in [-0.4, -0.2) is 59.3 Å². The summed E-state index contributed by atoms with van der Waals surface area (Å²) in [5, 5.41) is 0. The van der Waals surface area contributed by atoms with Crippen LogP contribution in [-0.2, 0) is 16.0 Å². The first kappa shape index (κ1) is 24.0. The Hall–Kier alpha value is -2.25. The number of hydrogen-bond acceptors (Lipinski definition) is 3. The molecule has 0 unspecified atom stereocenters. The summed E-state index contributed by atoms with van der Waals surface area (Å²) in [4.78, 5) is 26.7. The van der Waals surface area contributed by atoms with Gasteiger partial charge in [-0.3, -0.25) is 4.79 Å². The standard InChI is InChI=1S/C22H31F3N2O3/c1-16-7-5-8-17(15-16)9-6-12-27(20(29)30-21(2,3)4)18-10-13-26(14-11-18)19(28)22(23,24)25/h5,7-8,15,18H,6,9-14H2,1-4H3. The molecule has 168 valence electrons. The topological polar surface area (TPSA) is 49.9 Å². The number of ether oxygens (including phenoxy) is 1. The second kappa shape index (κ2) is 9.71. The van der Waals surface area contributed by atoms with Crippen LogP contribution < -0.4 is 0 Å². The first-order chi connectivity index (χ1) is 13.9. The Morgan fingerprint density at radius 1 is 1.17 bits per heavy atom. The maximum atomic E-state index is 12.8. The average molecular weight is 428 g/mol. The molecule has 5 nitrogen and oxygen atoms in total. The van der Waals surface area contributed by atoms with Crippen LogP contribution in [0.2, 0.25) is 0 Å². The lowest BCUT2D eigenvalue weighted by molar-refractivity contribution is -0.186. The van der Waals surface area contributed by atoms with Gasteiger partial charge in [-0.15, -0.1) is 0 Å². The van der Waals surface area contributed by atoms with Crippen molar-refractivity contribution in [2.75, 3.05) is 19.6 Å². The van der Waals surface area contributed by atoms with Crippen LogP contribution >= 0.6 is 0 Å². The molecule has 1 aliphatic rings. The molecule has 1 fully saturated rings. The highest BCUT2D eigenvalue weighted by atomic mass is 19.4. The summed E-state index contributed by atoms with van der Waals surface area (Å²) in [6.07, 6.45) is -3.24. The van der Waals surface area contributed by atoms with Gasteiger partial charge in [0.25, 0.3) is 0 Å². The number of rotatable bonds is 5. The second-order valence-electron chi connectivity index (χ2n) is 8.79. The van der Waals surface area contributed by atoms with E-state index < -0.39 is 23.8 Å². The fraction of sp³-hybridized carbons (Fsp3) is 0.636. The number of amides is 2. The molecular weight excluding hydrogens is 397 g/mol. The van der Waals surface area contributed by atoms with Crippen LogP contribution in [0.25, 0.3) is 0 Å². The van der Waals surface area contributed by atoms with Crippen molar-refractivity contribution in [2.45, 2.75) is 71.2 Å². The highest BCUT2D eigenvalue weighted by Gasteiger charge is 2.44. The molecule has 8 heteroatoms. The molecule has 30 heavy (non-hydrogen) atoms. The van der Waals surface area contributed by atoms with Crippen molar-refractivity contribution in [3.8, 4) is 0 Å². The van der Waals surface area contributed by atoms with Crippen molar-refractivity contribution in [3.05, 3.63) is 35.4 Å². The third-order valence-electron chi connectivity index (χ3n) is 5.01. The van der Waals surface area contributed by atoms with Crippen molar-refractivity contribution < 1.29 is 27.5 Å². The molecule has 1 aromatic rings. The monoisotopic (exact) mass is 428 g/mol. The average Bonchev–Trinajstić information content (AvgIpc) is 2.63. The largest absolute Gasteiger partial charge is 0.471 e. The zero-order valence-corrected chi connectivity index (χ0v) is 18.1. The quantitative estimate of drug-likeness (QED) is 0.682. The summed E-state index contributed by atoms with van der Waals surface area (Å²) in [5.41, 5.74) is 1.67. The number of nitrogens with zero attached hydrogens (tertiary/aromatic N) is 2. The minimum absolute atomic E-state index is 0.0276. The normalized spacial score (nSPS) is 15.8. The van der Waals surface area contributed by atoms with Gasteiger partial charge in [-0.05, 0) is 58.9 Å². The minimum atomic E-state index is -4.87. The first-order valence-electron chi connectivity index (χ1n) is 10.3. The second-order valence-corrected chi connectivity index (χ2v) is 8.79. The first-order valence-corrected chi connectivity index (χ1v) is 10.3. The summed E-state index contributed by atoms with van der Waals surface area (Å²) in [6, 6.07) is 7.89. The van der Waals surface area contributed by atoms with E-state index in [0.29, 0.717) is 25.8 Å². The Morgan fingerprint density at radius 3 is 2.33 bits per heavy atom. The van der Waals surface area contributed by atoms with E-state index in [4.69, 9.17) is 4.74 Å². The molecule has 0 bridgehead atoms. The summed E-state index contributed by atoms with van der Waals surface area (Å²) in [7, 11) is 0. The fourth-order valence-electron chi connectivity index (χ4n) is 3.62. The third-order valence-corrected chi connectivity index (χ3v) is 5.01. The molecule has 1 aliphatic heterocycles. The van der Waals surface area contributed by atoms with E-state index in [1.165, 1.54) is 11.1 Å². The van der Waals surface area contributed by atoms with Crippen molar-refractivity contribution in [1.29, 1.82) is 0 Å². The lowest BCUT2D eigenvalue weighted by atomic mass is 10.0. The molecule has 0 spiro atoms. The molecule has 1 aromatic carbocycles.